The molecular formula is C18H20Cl2N2O3. The maximum absolute atomic E-state index is 12.3. The van der Waals surface area contributed by atoms with Crippen LogP contribution < -0.4 is 5.32 Å². The van der Waals surface area contributed by atoms with Gasteiger partial charge in [0.1, 0.15) is 5.54 Å². The number of ether oxygens (including phenoxy) is 1. The van der Waals surface area contributed by atoms with Gasteiger partial charge < -0.3 is 10.1 Å². The first kappa shape index (κ1) is 19.6. The minimum atomic E-state index is -0.981. The minimum absolute atomic E-state index is 0.0585. The van der Waals surface area contributed by atoms with Crippen LogP contribution in [-0.4, -0.2) is 23.5 Å². The summed E-state index contributed by atoms with van der Waals surface area (Å²) in [7, 11) is 0. The molecule has 2 rings (SSSR count). The lowest BCUT2D eigenvalue weighted by molar-refractivity contribution is -0.154. The first-order valence-corrected chi connectivity index (χ1v) is 8.97. The van der Waals surface area contributed by atoms with Crippen LogP contribution in [0, 0.1) is 11.3 Å². The number of halogens is 2. The highest BCUT2D eigenvalue weighted by atomic mass is 35.5. The molecule has 0 aromatic heterocycles. The Kier molecular flexibility index (Phi) is 6.69. The first-order chi connectivity index (χ1) is 11.8. The van der Waals surface area contributed by atoms with Crippen LogP contribution >= 0.6 is 23.2 Å². The molecule has 25 heavy (non-hydrogen) atoms. The van der Waals surface area contributed by atoms with Gasteiger partial charge in [-0.1, -0.05) is 48.5 Å². The van der Waals surface area contributed by atoms with Crippen molar-refractivity contribution in [2.24, 2.45) is 0 Å². The molecule has 0 aliphatic heterocycles. The van der Waals surface area contributed by atoms with Crippen LogP contribution in [0.3, 0.4) is 0 Å². The molecular weight excluding hydrogens is 363 g/mol. The van der Waals surface area contributed by atoms with Gasteiger partial charge in [0.05, 0.1) is 12.5 Å². The van der Waals surface area contributed by atoms with Crippen LogP contribution in [0.1, 0.15) is 44.6 Å². The third-order valence-corrected chi connectivity index (χ3v) is 4.90. The molecule has 1 fully saturated rings. The molecule has 1 aliphatic carbocycles. The van der Waals surface area contributed by atoms with Crippen LogP contribution in [0.4, 0.5) is 0 Å². The predicted molar refractivity (Wildman–Crippen MR) is 95.3 cm³/mol. The van der Waals surface area contributed by atoms with E-state index in [0.29, 0.717) is 28.5 Å². The molecule has 0 saturated heterocycles. The highest BCUT2D eigenvalue weighted by Crippen LogP contribution is 2.27. The van der Waals surface area contributed by atoms with Crippen LogP contribution in [0.25, 0.3) is 0 Å². The van der Waals surface area contributed by atoms with Gasteiger partial charge >= 0.3 is 5.97 Å². The molecule has 1 N–H and O–H groups in total. The van der Waals surface area contributed by atoms with Crippen LogP contribution in [-0.2, 0) is 20.7 Å². The van der Waals surface area contributed by atoms with Crippen LogP contribution in [0.2, 0.25) is 10.0 Å². The van der Waals surface area contributed by atoms with Crippen molar-refractivity contribution in [1.82, 2.24) is 5.32 Å². The lowest BCUT2D eigenvalue weighted by Gasteiger charge is -2.32. The summed E-state index contributed by atoms with van der Waals surface area (Å²) in [6.45, 7) is 1.49. The van der Waals surface area contributed by atoms with Gasteiger partial charge in [0.15, 0.2) is 6.10 Å². The second-order valence-electron chi connectivity index (χ2n) is 6.29. The van der Waals surface area contributed by atoms with Gasteiger partial charge in [0, 0.05) is 10.0 Å². The Morgan fingerprint density at radius 2 is 2.00 bits per heavy atom. The molecule has 5 nitrogen and oxygen atoms in total. The van der Waals surface area contributed by atoms with Crippen molar-refractivity contribution < 1.29 is 14.3 Å². The second-order valence-corrected chi connectivity index (χ2v) is 7.13. The van der Waals surface area contributed by atoms with Crippen molar-refractivity contribution in [3.8, 4) is 6.07 Å². The van der Waals surface area contributed by atoms with Gasteiger partial charge in [0.25, 0.3) is 5.91 Å². The van der Waals surface area contributed by atoms with E-state index >= 15 is 0 Å². The Morgan fingerprint density at radius 1 is 1.32 bits per heavy atom. The van der Waals surface area contributed by atoms with E-state index in [1.165, 1.54) is 6.92 Å². The topological polar surface area (TPSA) is 79.2 Å². The van der Waals surface area contributed by atoms with Gasteiger partial charge in [-0.15, -0.1) is 0 Å². The standard InChI is InChI=1S/C18H20Cl2N2O3/c1-12(17(24)22-18(11-21)7-3-2-4-8-18)25-16(23)9-13-5-6-14(19)10-15(13)20/h5-6,10,12H,2-4,7-9H2,1H3,(H,22,24)/t12-/m1/s1. The van der Waals surface area contributed by atoms with E-state index in [4.69, 9.17) is 27.9 Å². The number of benzene rings is 1. The van der Waals surface area contributed by atoms with Crippen molar-refractivity contribution in [2.75, 3.05) is 0 Å². The Balaban J connectivity index is 1.91. The molecule has 0 bridgehead atoms. The Labute approximate surface area is 157 Å². The number of nitriles is 1. The van der Waals surface area contributed by atoms with Crippen molar-refractivity contribution >= 4 is 35.1 Å². The molecule has 1 saturated carbocycles. The average Bonchev–Trinajstić information content (AvgIpc) is 2.58. The van der Waals surface area contributed by atoms with Gasteiger partial charge in [0.2, 0.25) is 0 Å². The zero-order valence-corrected chi connectivity index (χ0v) is 15.5. The minimum Gasteiger partial charge on any atom is -0.452 e. The fourth-order valence-electron chi connectivity index (χ4n) is 2.87. The quantitative estimate of drug-likeness (QED) is 0.785. The Hall–Kier alpha value is -1.77. The molecule has 1 atom stereocenters. The Bertz CT molecular complexity index is 694. The van der Waals surface area contributed by atoms with E-state index in [1.54, 1.807) is 18.2 Å². The summed E-state index contributed by atoms with van der Waals surface area (Å²) in [5.74, 6) is -1.03. The molecule has 1 aromatic carbocycles. The molecule has 0 unspecified atom stereocenters. The van der Waals surface area contributed by atoms with Gasteiger partial charge in [-0.25, -0.2) is 0 Å². The molecule has 0 radical (unpaired) electrons. The number of nitrogens with one attached hydrogen (secondary N) is 1. The SMILES string of the molecule is C[C@@H](OC(=O)Cc1ccc(Cl)cc1Cl)C(=O)NC1(C#N)CCCCC1. The van der Waals surface area contributed by atoms with Crippen molar-refractivity contribution in [2.45, 2.75) is 57.1 Å². The normalized spacial score (nSPS) is 17.2. The number of carbonyl (C=O) groups excluding carboxylic acids is 2. The summed E-state index contributed by atoms with van der Waals surface area (Å²) in [6, 6.07) is 7.02. The van der Waals surface area contributed by atoms with Crippen LogP contribution in [0.5, 0.6) is 0 Å². The number of hydrogen-bond donors (Lipinski definition) is 1. The van der Waals surface area contributed by atoms with E-state index in [-0.39, 0.29) is 6.42 Å². The number of amides is 1. The third kappa shape index (κ3) is 5.35. The average molecular weight is 383 g/mol. The number of carbonyl (C=O) groups is 2. The van der Waals surface area contributed by atoms with Gasteiger partial charge in [-0.3, -0.25) is 9.59 Å². The first-order valence-electron chi connectivity index (χ1n) is 8.22. The van der Waals surface area contributed by atoms with E-state index in [2.05, 4.69) is 11.4 Å². The van der Waals surface area contributed by atoms with Crippen LogP contribution in [0.15, 0.2) is 18.2 Å². The molecule has 134 valence electrons. The fourth-order valence-corrected chi connectivity index (χ4v) is 3.35. The lowest BCUT2D eigenvalue weighted by Crippen LogP contribution is -2.52. The summed E-state index contributed by atoms with van der Waals surface area (Å²) in [4.78, 5) is 24.3. The number of esters is 1. The maximum atomic E-state index is 12.3. The highest BCUT2D eigenvalue weighted by molar-refractivity contribution is 6.35. The lowest BCUT2D eigenvalue weighted by atomic mass is 9.83. The molecule has 1 amide bonds. The summed E-state index contributed by atoms with van der Waals surface area (Å²) in [5.41, 5.74) is -0.278. The predicted octanol–water partition coefficient (Wildman–Crippen LogP) is 3.81. The number of hydrogen-bond acceptors (Lipinski definition) is 4. The monoisotopic (exact) mass is 382 g/mol. The largest absolute Gasteiger partial charge is 0.452 e. The summed E-state index contributed by atoms with van der Waals surface area (Å²) in [5, 5.41) is 13.0. The molecule has 1 aliphatic rings. The van der Waals surface area contributed by atoms with Crippen molar-refractivity contribution in [3.63, 3.8) is 0 Å². The summed E-state index contributed by atoms with van der Waals surface area (Å²) >= 11 is 11.8. The van der Waals surface area contributed by atoms with E-state index in [9.17, 15) is 14.9 Å². The molecule has 0 spiro atoms. The maximum Gasteiger partial charge on any atom is 0.311 e. The smallest absolute Gasteiger partial charge is 0.311 e. The van der Waals surface area contributed by atoms with E-state index in [0.717, 1.165) is 19.3 Å². The van der Waals surface area contributed by atoms with Gasteiger partial charge in [-0.05, 0) is 37.5 Å². The zero-order chi connectivity index (χ0) is 18.4. The van der Waals surface area contributed by atoms with Gasteiger partial charge in [-0.2, -0.15) is 5.26 Å². The second kappa shape index (κ2) is 8.55. The number of nitrogens with zero attached hydrogens (tertiary/aromatic N) is 1. The zero-order valence-electron chi connectivity index (χ0n) is 14.0. The Morgan fingerprint density at radius 3 is 2.60 bits per heavy atom. The van der Waals surface area contributed by atoms with Crippen molar-refractivity contribution in [3.05, 3.63) is 33.8 Å². The highest BCUT2D eigenvalue weighted by Gasteiger charge is 2.35. The molecule has 1 aromatic rings. The molecule has 0 heterocycles. The van der Waals surface area contributed by atoms with E-state index < -0.39 is 23.5 Å². The molecule has 7 heteroatoms. The number of rotatable bonds is 5. The van der Waals surface area contributed by atoms with E-state index in [1.807, 2.05) is 0 Å². The summed E-state index contributed by atoms with van der Waals surface area (Å²) < 4.78 is 5.18. The summed E-state index contributed by atoms with van der Waals surface area (Å²) in [6.07, 6.45) is 3.06. The van der Waals surface area contributed by atoms with Crippen molar-refractivity contribution in [1.29, 1.82) is 5.26 Å². The third-order valence-electron chi connectivity index (χ3n) is 4.31. The fraction of sp³-hybridized carbons (Fsp3) is 0.500.